The average Bonchev–Trinajstić information content (AvgIpc) is 2.40. The zero-order valence-corrected chi connectivity index (χ0v) is 9.86. The molecule has 3 aliphatic rings. The van der Waals surface area contributed by atoms with Crippen LogP contribution in [-0.2, 0) is 0 Å². The first-order valence-corrected chi connectivity index (χ1v) is 6.23. The van der Waals surface area contributed by atoms with Crippen LogP contribution in [0.2, 0.25) is 0 Å². The van der Waals surface area contributed by atoms with Gasteiger partial charge in [0.15, 0.2) is 0 Å². The minimum atomic E-state index is 0.734. The molecular weight excluding hydrogens is 198 g/mol. The van der Waals surface area contributed by atoms with Gasteiger partial charge in [0.2, 0.25) is 0 Å². The molecule has 3 saturated heterocycles. The lowest BCUT2D eigenvalue weighted by molar-refractivity contribution is 0.0870. The molecule has 0 spiro atoms. The van der Waals surface area contributed by atoms with Crippen molar-refractivity contribution in [2.75, 3.05) is 26.7 Å². The summed E-state index contributed by atoms with van der Waals surface area (Å²) in [5.74, 6) is 2.63. The van der Waals surface area contributed by atoms with Gasteiger partial charge in [-0.15, -0.1) is 0 Å². The molecule has 1 atom stereocenters. The zero-order valence-electron chi connectivity index (χ0n) is 9.86. The normalized spacial score (nSPS) is 32.7. The van der Waals surface area contributed by atoms with Gasteiger partial charge in [-0.3, -0.25) is 0 Å². The molecule has 0 N–H and O–H groups in total. The van der Waals surface area contributed by atoms with E-state index in [1.165, 1.54) is 38.0 Å². The topological polar surface area (TPSA) is 12.5 Å². The van der Waals surface area contributed by atoms with Crippen molar-refractivity contribution >= 4 is 0 Å². The van der Waals surface area contributed by atoms with E-state index in [1.807, 2.05) is 6.07 Å². The summed E-state index contributed by atoms with van der Waals surface area (Å²) >= 11 is 0. The Bertz CT molecular complexity index is 369. The van der Waals surface area contributed by atoms with Crippen LogP contribution in [0.15, 0.2) is 24.3 Å². The molecule has 2 bridgehead atoms. The zero-order chi connectivity index (χ0) is 11.0. The van der Waals surface area contributed by atoms with Crippen LogP contribution in [0.4, 0.5) is 0 Å². The number of rotatable bonds is 2. The van der Waals surface area contributed by atoms with E-state index in [2.05, 4.69) is 23.1 Å². The number of hydrogen-bond donors (Lipinski definition) is 0. The van der Waals surface area contributed by atoms with Crippen LogP contribution in [-0.4, -0.2) is 31.6 Å². The minimum Gasteiger partial charge on any atom is -0.497 e. The Morgan fingerprint density at radius 3 is 2.69 bits per heavy atom. The Morgan fingerprint density at radius 2 is 2.06 bits per heavy atom. The second-order valence-corrected chi connectivity index (χ2v) is 5.02. The molecule has 16 heavy (non-hydrogen) atoms. The highest BCUT2D eigenvalue weighted by Crippen LogP contribution is 2.39. The maximum atomic E-state index is 5.31. The summed E-state index contributed by atoms with van der Waals surface area (Å²) in [6.07, 6.45) is 2.75. The van der Waals surface area contributed by atoms with E-state index in [1.54, 1.807) is 7.11 Å². The van der Waals surface area contributed by atoms with Gasteiger partial charge in [-0.1, -0.05) is 12.1 Å². The first-order valence-electron chi connectivity index (χ1n) is 6.23. The molecule has 1 aromatic carbocycles. The Hall–Kier alpha value is -1.02. The Morgan fingerprint density at radius 1 is 1.25 bits per heavy atom. The number of methoxy groups -OCH3 is 1. The Kier molecular flexibility index (Phi) is 2.60. The van der Waals surface area contributed by atoms with Gasteiger partial charge in [-0.2, -0.15) is 0 Å². The van der Waals surface area contributed by atoms with Crippen LogP contribution in [0.5, 0.6) is 5.75 Å². The standard InChI is InChI=1S/C14H19NO/c1-16-13-4-2-3-12(9-13)14-10-15-7-5-11(14)6-8-15/h2-4,9,11,14H,5-8,10H2,1H3. The van der Waals surface area contributed by atoms with E-state index >= 15 is 0 Å². The number of nitrogens with zero attached hydrogens (tertiary/aromatic N) is 1. The third kappa shape index (κ3) is 1.71. The van der Waals surface area contributed by atoms with Crippen molar-refractivity contribution in [3.8, 4) is 5.75 Å². The van der Waals surface area contributed by atoms with Crippen LogP contribution >= 0.6 is 0 Å². The molecule has 86 valence electrons. The van der Waals surface area contributed by atoms with Crippen molar-refractivity contribution in [2.24, 2.45) is 5.92 Å². The molecule has 0 radical (unpaired) electrons. The monoisotopic (exact) mass is 217 g/mol. The van der Waals surface area contributed by atoms with Gasteiger partial charge in [-0.25, -0.2) is 0 Å². The molecule has 4 rings (SSSR count). The lowest BCUT2D eigenvalue weighted by Crippen LogP contribution is -2.46. The summed E-state index contributed by atoms with van der Waals surface area (Å²) < 4.78 is 5.31. The summed E-state index contributed by atoms with van der Waals surface area (Å²) in [5, 5.41) is 0. The predicted octanol–water partition coefficient (Wildman–Crippen LogP) is 2.50. The average molecular weight is 217 g/mol. The van der Waals surface area contributed by atoms with Crippen molar-refractivity contribution in [3.63, 3.8) is 0 Å². The predicted molar refractivity (Wildman–Crippen MR) is 64.9 cm³/mol. The fourth-order valence-electron chi connectivity index (χ4n) is 3.21. The lowest BCUT2D eigenvalue weighted by Gasteiger charge is -2.45. The molecule has 3 heterocycles. The van der Waals surface area contributed by atoms with E-state index in [0.29, 0.717) is 0 Å². The van der Waals surface area contributed by atoms with E-state index in [9.17, 15) is 0 Å². The van der Waals surface area contributed by atoms with Crippen molar-refractivity contribution < 1.29 is 4.74 Å². The first kappa shape index (κ1) is 10.2. The molecule has 0 saturated carbocycles. The first-order chi connectivity index (χ1) is 7.86. The second-order valence-electron chi connectivity index (χ2n) is 5.02. The molecule has 1 aromatic rings. The SMILES string of the molecule is COc1cccc(C2CN3CCC2CC3)c1. The van der Waals surface area contributed by atoms with Gasteiger partial charge in [0.05, 0.1) is 7.11 Å². The van der Waals surface area contributed by atoms with Crippen LogP contribution in [0, 0.1) is 5.92 Å². The van der Waals surface area contributed by atoms with Gasteiger partial charge in [0, 0.05) is 6.54 Å². The quantitative estimate of drug-likeness (QED) is 0.754. The van der Waals surface area contributed by atoms with Gasteiger partial charge < -0.3 is 9.64 Å². The van der Waals surface area contributed by atoms with Crippen molar-refractivity contribution in [3.05, 3.63) is 29.8 Å². The Labute approximate surface area is 97.2 Å². The summed E-state index contributed by atoms with van der Waals surface area (Å²) in [6, 6.07) is 8.62. The van der Waals surface area contributed by atoms with E-state index in [4.69, 9.17) is 4.74 Å². The molecule has 0 aliphatic carbocycles. The van der Waals surface area contributed by atoms with Crippen LogP contribution in [0.1, 0.15) is 24.3 Å². The minimum absolute atomic E-state index is 0.734. The summed E-state index contributed by atoms with van der Waals surface area (Å²) in [5.41, 5.74) is 1.47. The lowest BCUT2D eigenvalue weighted by atomic mass is 9.75. The molecule has 0 amide bonds. The van der Waals surface area contributed by atoms with E-state index in [0.717, 1.165) is 17.6 Å². The van der Waals surface area contributed by atoms with Gasteiger partial charge in [-0.05, 0) is 55.5 Å². The smallest absolute Gasteiger partial charge is 0.119 e. The largest absolute Gasteiger partial charge is 0.497 e. The van der Waals surface area contributed by atoms with Crippen molar-refractivity contribution in [1.82, 2.24) is 4.90 Å². The Balaban J connectivity index is 1.86. The summed E-state index contributed by atoms with van der Waals surface area (Å²) in [6.45, 7) is 3.87. The molecule has 2 heteroatoms. The fourth-order valence-corrected chi connectivity index (χ4v) is 3.21. The number of fused-ring (bicyclic) bond motifs is 3. The molecule has 0 aromatic heterocycles. The third-order valence-electron chi connectivity index (χ3n) is 4.18. The van der Waals surface area contributed by atoms with Gasteiger partial charge in [0.25, 0.3) is 0 Å². The highest BCUT2D eigenvalue weighted by Gasteiger charge is 2.34. The van der Waals surface area contributed by atoms with Crippen molar-refractivity contribution in [2.45, 2.75) is 18.8 Å². The fraction of sp³-hybridized carbons (Fsp3) is 0.571. The second kappa shape index (κ2) is 4.10. The number of ether oxygens (including phenoxy) is 1. The maximum Gasteiger partial charge on any atom is 0.119 e. The summed E-state index contributed by atoms with van der Waals surface area (Å²) in [4.78, 5) is 2.60. The van der Waals surface area contributed by atoms with Gasteiger partial charge >= 0.3 is 0 Å². The third-order valence-corrected chi connectivity index (χ3v) is 4.18. The highest BCUT2D eigenvalue weighted by molar-refractivity contribution is 5.32. The van der Waals surface area contributed by atoms with Crippen LogP contribution < -0.4 is 4.74 Å². The summed E-state index contributed by atoms with van der Waals surface area (Å²) in [7, 11) is 1.75. The molecule has 2 nitrogen and oxygen atoms in total. The van der Waals surface area contributed by atoms with Crippen LogP contribution in [0.3, 0.4) is 0 Å². The highest BCUT2D eigenvalue weighted by atomic mass is 16.5. The molecule has 3 fully saturated rings. The van der Waals surface area contributed by atoms with Crippen LogP contribution in [0.25, 0.3) is 0 Å². The number of piperidine rings is 3. The number of benzene rings is 1. The number of hydrogen-bond acceptors (Lipinski definition) is 2. The maximum absolute atomic E-state index is 5.31. The molecule has 1 unspecified atom stereocenters. The molecular formula is C14H19NO. The van der Waals surface area contributed by atoms with E-state index < -0.39 is 0 Å². The molecule has 3 aliphatic heterocycles. The van der Waals surface area contributed by atoms with Gasteiger partial charge in [0.1, 0.15) is 5.75 Å². The van der Waals surface area contributed by atoms with E-state index in [-0.39, 0.29) is 0 Å². The van der Waals surface area contributed by atoms with Crippen molar-refractivity contribution in [1.29, 1.82) is 0 Å².